The molecule has 0 fully saturated rings. The lowest BCUT2D eigenvalue weighted by molar-refractivity contribution is -0.286. The van der Waals surface area contributed by atoms with Gasteiger partial charge in [0.05, 0.1) is 17.0 Å². The van der Waals surface area contributed by atoms with E-state index in [1.54, 1.807) is 13.0 Å². The number of benzene rings is 2. The number of nitrogens with zero attached hydrogens (tertiary/aromatic N) is 4. The van der Waals surface area contributed by atoms with Crippen LogP contribution >= 0.6 is 0 Å². The molecular formula is C25H15F5N4O5. The fourth-order valence-electron chi connectivity index (χ4n) is 4.11. The van der Waals surface area contributed by atoms with Crippen LogP contribution in [0.25, 0.3) is 22.2 Å². The van der Waals surface area contributed by atoms with Gasteiger partial charge in [-0.1, -0.05) is 0 Å². The Hall–Kier alpha value is -4.93. The number of ether oxygens (including phenoxy) is 2. The molecule has 0 unspecified atom stereocenters. The van der Waals surface area contributed by atoms with Gasteiger partial charge in [-0.2, -0.15) is 10.4 Å². The van der Waals surface area contributed by atoms with Crippen LogP contribution < -0.4 is 19.9 Å². The molecule has 9 nitrogen and oxygen atoms in total. The van der Waals surface area contributed by atoms with Crippen LogP contribution in [-0.4, -0.2) is 28.5 Å². The third-order valence-electron chi connectivity index (χ3n) is 5.77. The molecule has 39 heavy (non-hydrogen) atoms. The fraction of sp³-hybridized carbons (Fsp3) is 0.200. The molecule has 3 heterocycles. The van der Waals surface area contributed by atoms with Crippen molar-refractivity contribution in [1.29, 1.82) is 5.26 Å². The Labute approximate surface area is 215 Å². The predicted molar refractivity (Wildman–Crippen MR) is 124 cm³/mol. The number of carbonyl (C=O) groups excluding carboxylic acids is 1. The number of likely N-dealkylation sites (N-methyl/N-ethyl adjacent to an activating group) is 1. The zero-order valence-corrected chi connectivity index (χ0v) is 19.8. The normalized spacial score (nSPS) is 13.6. The Morgan fingerprint density at radius 2 is 1.90 bits per heavy atom. The SMILES string of the molecule is CCN(C(=O)Cn1nc(-c2cc(F)cc(C#N)c2)c2oc(C(F)F)cc2c1=O)c1ccc2c(c1)OC(F)(F)O2. The van der Waals surface area contributed by atoms with Gasteiger partial charge in [0, 0.05) is 23.9 Å². The van der Waals surface area contributed by atoms with Gasteiger partial charge in [0.2, 0.25) is 5.91 Å². The molecule has 1 amide bonds. The maximum atomic E-state index is 14.2. The zero-order chi connectivity index (χ0) is 28.1. The van der Waals surface area contributed by atoms with E-state index in [1.807, 2.05) is 0 Å². The highest BCUT2D eigenvalue weighted by Gasteiger charge is 2.43. The van der Waals surface area contributed by atoms with E-state index < -0.39 is 42.3 Å². The number of halogens is 5. The lowest BCUT2D eigenvalue weighted by Gasteiger charge is -2.21. The Bertz CT molecular complexity index is 1730. The first kappa shape index (κ1) is 25.7. The van der Waals surface area contributed by atoms with E-state index in [0.29, 0.717) is 4.68 Å². The van der Waals surface area contributed by atoms with Crippen LogP contribution in [0.4, 0.5) is 27.6 Å². The van der Waals surface area contributed by atoms with Crippen molar-refractivity contribution in [2.45, 2.75) is 26.2 Å². The quantitative estimate of drug-likeness (QED) is 0.314. The molecule has 5 rings (SSSR count). The Balaban J connectivity index is 1.57. The molecule has 1 aliphatic heterocycles. The Morgan fingerprint density at radius 1 is 1.15 bits per heavy atom. The average molecular weight is 546 g/mol. The molecule has 0 saturated carbocycles. The number of hydrogen-bond acceptors (Lipinski definition) is 7. The molecule has 0 spiro atoms. The standard InChI is InChI=1S/C25H15F5N4O5/c1-2-33(15-3-4-17-18(8-15)39-25(29,30)38-17)20(35)11-34-24(36)16-9-19(23(27)28)37-22(16)21(32-34)13-5-12(10-31)6-14(26)7-13/h3-9,23H,2,11H2,1H3. The van der Waals surface area contributed by atoms with Gasteiger partial charge in [0.15, 0.2) is 22.8 Å². The van der Waals surface area contributed by atoms with Crippen molar-refractivity contribution < 1.29 is 40.6 Å². The Kier molecular flexibility index (Phi) is 6.21. The van der Waals surface area contributed by atoms with Gasteiger partial charge in [-0.05, 0) is 43.3 Å². The van der Waals surface area contributed by atoms with E-state index in [-0.39, 0.29) is 51.5 Å². The summed E-state index contributed by atoms with van der Waals surface area (Å²) in [6.45, 7) is 0.911. The molecule has 14 heteroatoms. The van der Waals surface area contributed by atoms with Gasteiger partial charge in [-0.3, -0.25) is 9.59 Å². The highest BCUT2D eigenvalue weighted by molar-refractivity contribution is 5.94. The molecule has 0 saturated heterocycles. The number of hydrogen-bond donors (Lipinski definition) is 0. The first-order valence-electron chi connectivity index (χ1n) is 11.2. The number of alkyl halides is 4. The summed E-state index contributed by atoms with van der Waals surface area (Å²) >= 11 is 0. The van der Waals surface area contributed by atoms with E-state index in [4.69, 9.17) is 4.42 Å². The minimum absolute atomic E-state index is 0.0371. The maximum Gasteiger partial charge on any atom is 0.586 e. The second kappa shape index (κ2) is 9.43. The lowest BCUT2D eigenvalue weighted by atomic mass is 10.1. The van der Waals surface area contributed by atoms with Crippen LogP contribution in [0, 0.1) is 17.1 Å². The number of aromatic nitrogens is 2. The van der Waals surface area contributed by atoms with Crippen molar-refractivity contribution in [1.82, 2.24) is 9.78 Å². The number of fused-ring (bicyclic) bond motifs is 2. The number of carbonyl (C=O) groups is 1. The summed E-state index contributed by atoms with van der Waals surface area (Å²) in [6, 6.07) is 9.34. The second-order valence-electron chi connectivity index (χ2n) is 8.28. The molecule has 0 atom stereocenters. The molecule has 0 radical (unpaired) electrons. The average Bonchev–Trinajstić information content (AvgIpc) is 3.46. The molecule has 0 bridgehead atoms. The lowest BCUT2D eigenvalue weighted by Crippen LogP contribution is -2.37. The van der Waals surface area contributed by atoms with E-state index in [0.717, 1.165) is 29.2 Å². The summed E-state index contributed by atoms with van der Waals surface area (Å²) in [7, 11) is 0. The highest BCUT2D eigenvalue weighted by Crippen LogP contribution is 2.43. The summed E-state index contributed by atoms with van der Waals surface area (Å²) in [5.41, 5.74) is -1.61. The third-order valence-corrected chi connectivity index (χ3v) is 5.77. The Morgan fingerprint density at radius 3 is 2.59 bits per heavy atom. The summed E-state index contributed by atoms with van der Waals surface area (Å²) in [4.78, 5) is 27.5. The smallest absolute Gasteiger partial charge is 0.452 e. The molecule has 4 aromatic rings. The molecule has 200 valence electrons. The van der Waals surface area contributed by atoms with Gasteiger partial charge in [-0.25, -0.2) is 17.9 Å². The maximum absolute atomic E-state index is 14.2. The van der Waals surface area contributed by atoms with Gasteiger partial charge >= 0.3 is 6.29 Å². The monoisotopic (exact) mass is 546 g/mol. The van der Waals surface area contributed by atoms with Gasteiger partial charge in [0.25, 0.3) is 12.0 Å². The van der Waals surface area contributed by atoms with Crippen molar-refractivity contribution in [2.75, 3.05) is 11.4 Å². The number of nitriles is 1. The van der Waals surface area contributed by atoms with E-state index in [1.165, 1.54) is 18.2 Å². The highest BCUT2D eigenvalue weighted by atomic mass is 19.3. The zero-order valence-electron chi connectivity index (χ0n) is 19.8. The largest absolute Gasteiger partial charge is 0.586 e. The first-order chi connectivity index (χ1) is 18.5. The van der Waals surface area contributed by atoms with Crippen molar-refractivity contribution >= 4 is 22.6 Å². The van der Waals surface area contributed by atoms with Crippen LogP contribution in [0.3, 0.4) is 0 Å². The third kappa shape index (κ3) is 4.74. The van der Waals surface area contributed by atoms with Crippen molar-refractivity contribution in [3.05, 3.63) is 70.0 Å². The van der Waals surface area contributed by atoms with Crippen LogP contribution in [0.5, 0.6) is 11.5 Å². The van der Waals surface area contributed by atoms with Crippen LogP contribution in [0.15, 0.2) is 51.7 Å². The van der Waals surface area contributed by atoms with E-state index in [9.17, 15) is 36.8 Å². The minimum atomic E-state index is -3.87. The summed E-state index contributed by atoms with van der Waals surface area (Å²) < 4.78 is 82.4. The van der Waals surface area contributed by atoms with Gasteiger partial charge in [-0.15, -0.1) is 8.78 Å². The second-order valence-corrected chi connectivity index (χ2v) is 8.28. The minimum Gasteiger partial charge on any atom is -0.452 e. The molecule has 2 aromatic carbocycles. The van der Waals surface area contributed by atoms with Crippen LogP contribution in [-0.2, 0) is 11.3 Å². The number of amides is 1. The van der Waals surface area contributed by atoms with E-state index in [2.05, 4.69) is 14.6 Å². The number of furan rings is 1. The van der Waals surface area contributed by atoms with Crippen molar-refractivity contribution in [3.8, 4) is 28.8 Å². The van der Waals surface area contributed by atoms with Gasteiger partial charge in [0.1, 0.15) is 18.1 Å². The molecule has 2 aromatic heterocycles. The summed E-state index contributed by atoms with van der Waals surface area (Å²) in [5, 5.41) is 12.9. The summed E-state index contributed by atoms with van der Waals surface area (Å²) in [6.07, 6.45) is -6.95. The topological polar surface area (TPSA) is 111 Å². The number of rotatable bonds is 6. The van der Waals surface area contributed by atoms with Crippen molar-refractivity contribution in [2.24, 2.45) is 0 Å². The first-order valence-corrected chi connectivity index (χ1v) is 11.2. The summed E-state index contributed by atoms with van der Waals surface area (Å²) in [5.74, 6) is -2.95. The van der Waals surface area contributed by atoms with Gasteiger partial charge < -0.3 is 18.8 Å². The predicted octanol–water partition coefficient (Wildman–Crippen LogP) is 4.98. The fourth-order valence-corrected chi connectivity index (χ4v) is 4.11. The van der Waals surface area contributed by atoms with Crippen LogP contribution in [0.1, 0.15) is 24.7 Å². The molecule has 0 N–H and O–H groups in total. The number of anilines is 1. The van der Waals surface area contributed by atoms with Crippen LogP contribution in [0.2, 0.25) is 0 Å². The van der Waals surface area contributed by atoms with Crippen molar-refractivity contribution in [3.63, 3.8) is 0 Å². The van der Waals surface area contributed by atoms with E-state index >= 15 is 0 Å². The molecule has 1 aliphatic rings. The molecular weight excluding hydrogens is 531 g/mol. The molecule has 0 aliphatic carbocycles.